The zero-order chi connectivity index (χ0) is 20.2. The number of piperidine rings is 1. The van der Waals surface area contributed by atoms with E-state index in [0.29, 0.717) is 44.0 Å². The Morgan fingerprint density at radius 1 is 1.38 bits per heavy atom. The van der Waals surface area contributed by atoms with Crippen molar-refractivity contribution in [3.63, 3.8) is 0 Å². The molecule has 2 heterocycles. The summed E-state index contributed by atoms with van der Waals surface area (Å²) in [6, 6.07) is 2.97. The maximum absolute atomic E-state index is 14.2. The highest BCUT2D eigenvalue weighted by Gasteiger charge is 2.78. The Bertz CT molecular complexity index is 957. The number of carbonyl (C=O) groups excluding carboxylic acids is 2. The topological polar surface area (TPSA) is 95.9 Å². The van der Waals surface area contributed by atoms with Gasteiger partial charge in [-0.05, 0) is 24.5 Å². The van der Waals surface area contributed by atoms with Gasteiger partial charge in [-0.3, -0.25) is 9.59 Å². The summed E-state index contributed by atoms with van der Waals surface area (Å²) in [5.74, 6) is 0.309. The predicted octanol–water partition coefficient (Wildman–Crippen LogP) is 2.11. The summed E-state index contributed by atoms with van der Waals surface area (Å²) in [5.41, 5.74) is -0.212. The molecule has 3 aliphatic carbocycles. The first kappa shape index (κ1) is 17.7. The largest absolute Gasteiger partial charge is 0.632 e. The summed E-state index contributed by atoms with van der Waals surface area (Å²) in [6.45, 7) is 2.30. The van der Waals surface area contributed by atoms with Crippen LogP contribution in [0.1, 0.15) is 50.2 Å². The smallest absolute Gasteiger partial charge is 0.303 e. The minimum atomic E-state index is -1.07. The average molecular weight is 399 g/mol. The number of aromatic hydroxyl groups is 1. The van der Waals surface area contributed by atoms with Crippen molar-refractivity contribution in [2.45, 2.75) is 68.6 Å². The molecule has 2 saturated carbocycles. The first-order valence-electron chi connectivity index (χ1n) is 10.6. The number of hydroxylamine groups is 3. The number of esters is 1. The van der Waals surface area contributed by atoms with E-state index >= 15 is 0 Å². The summed E-state index contributed by atoms with van der Waals surface area (Å²) >= 11 is 0. The molecular formula is C22H25NO6. The van der Waals surface area contributed by atoms with Gasteiger partial charge in [-0.25, -0.2) is 0 Å². The van der Waals surface area contributed by atoms with E-state index in [1.807, 2.05) is 6.07 Å². The Morgan fingerprint density at radius 3 is 2.90 bits per heavy atom. The van der Waals surface area contributed by atoms with E-state index in [1.165, 1.54) is 6.92 Å². The van der Waals surface area contributed by atoms with Crippen LogP contribution >= 0.6 is 0 Å². The van der Waals surface area contributed by atoms with Gasteiger partial charge in [0.1, 0.15) is 6.04 Å². The number of quaternary nitrogens is 1. The van der Waals surface area contributed by atoms with Gasteiger partial charge < -0.3 is 24.4 Å². The highest BCUT2D eigenvalue weighted by molar-refractivity contribution is 5.90. The molecule has 2 unspecified atom stereocenters. The quantitative estimate of drug-likeness (QED) is 0.475. The Labute approximate surface area is 168 Å². The first-order chi connectivity index (χ1) is 13.8. The molecule has 2 bridgehead atoms. The van der Waals surface area contributed by atoms with Crippen LogP contribution in [0.3, 0.4) is 0 Å². The van der Waals surface area contributed by atoms with Crippen LogP contribution in [0.4, 0.5) is 0 Å². The second-order valence-corrected chi connectivity index (χ2v) is 9.64. The lowest BCUT2D eigenvalue weighted by Crippen LogP contribution is -2.81. The number of phenolic OH excluding ortho intramolecular Hbond substituents is 1. The van der Waals surface area contributed by atoms with Crippen LogP contribution in [-0.2, 0) is 26.2 Å². The molecule has 0 amide bonds. The van der Waals surface area contributed by atoms with Gasteiger partial charge in [0.05, 0.1) is 18.5 Å². The molecule has 7 nitrogen and oxygen atoms in total. The Balaban J connectivity index is 1.63. The van der Waals surface area contributed by atoms with Crippen LogP contribution in [0.25, 0.3) is 0 Å². The van der Waals surface area contributed by atoms with Crippen molar-refractivity contribution in [1.29, 1.82) is 0 Å². The number of benzene rings is 1. The highest BCUT2D eigenvalue weighted by Crippen LogP contribution is 2.67. The van der Waals surface area contributed by atoms with Crippen LogP contribution in [0.2, 0.25) is 0 Å². The van der Waals surface area contributed by atoms with Gasteiger partial charge in [-0.2, -0.15) is 0 Å². The van der Waals surface area contributed by atoms with Crippen LogP contribution in [0.5, 0.6) is 11.5 Å². The minimum absolute atomic E-state index is 0.00179. The molecule has 7 heteroatoms. The zero-order valence-electron chi connectivity index (χ0n) is 16.5. The molecular weight excluding hydrogens is 374 g/mol. The zero-order valence-corrected chi connectivity index (χ0v) is 16.5. The lowest BCUT2D eigenvalue weighted by atomic mass is 9.48. The van der Waals surface area contributed by atoms with Gasteiger partial charge in [0, 0.05) is 44.1 Å². The fraction of sp³-hybridized carbons (Fsp3) is 0.636. The summed E-state index contributed by atoms with van der Waals surface area (Å²) < 4.78 is 11.8. The number of rotatable bonds is 3. The maximum Gasteiger partial charge on any atom is 0.303 e. The third-order valence-corrected chi connectivity index (χ3v) is 8.14. The predicted molar refractivity (Wildman–Crippen MR) is 101 cm³/mol. The van der Waals surface area contributed by atoms with Crippen molar-refractivity contribution in [3.8, 4) is 11.5 Å². The molecule has 2 aliphatic heterocycles. The monoisotopic (exact) mass is 399 g/mol. The summed E-state index contributed by atoms with van der Waals surface area (Å²) in [4.78, 5) is 25.3. The van der Waals surface area contributed by atoms with E-state index in [9.17, 15) is 19.9 Å². The van der Waals surface area contributed by atoms with Gasteiger partial charge in [0.15, 0.2) is 29.0 Å². The normalized spacial score (nSPS) is 41.5. The van der Waals surface area contributed by atoms with E-state index in [4.69, 9.17) is 9.47 Å². The average Bonchev–Trinajstić information content (AvgIpc) is 3.38. The molecule has 5 aliphatic rings. The molecule has 1 aromatic rings. The van der Waals surface area contributed by atoms with E-state index in [0.717, 1.165) is 24.0 Å². The van der Waals surface area contributed by atoms with Gasteiger partial charge in [0.2, 0.25) is 0 Å². The number of nitrogens with zero attached hydrogens (tertiary/aromatic N) is 1. The van der Waals surface area contributed by atoms with E-state index in [1.54, 1.807) is 6.07 Å². The van der Waals surface area contributed by atoms with Crippen molar-refractivity contribution in [2.75, 3.05) is 13.1 Å². The van der Waals surface area contributed by atoms with Crippen molar-refractivity contribution >= 4 is 11.8 Å². The van der Waals surface area contributed by atoms with Gasteiger partial charge in [-0.1, -0.05) is 6.07 Å². The van der Waals surface area contributed by atoms with E-state index in [2.05, 4.69) is 0 Å². The van der Waals surface area contributed by atoms with Crippen molar-refractivity contribution in [1.82, 2.24) is 0 Å². The molecule has 3 fully saturated rings. The molecule has 1 aromatic carbocycles. The lowest BCUT2D eigenvalue weighted by Gasteiger charge is -2.67. The summed E-state index contributed by atoms with van der Waals surface area (Å²) in [5, 5.41) is 24.7. The molecule has 6 rings (SSSR count). The molecule has 29 heavy (non-hydrogen) atoms. The highest BCUT2D eigenvalue weighted by atomic mass is 16.6. The number of phenols is 1. The second kappa shape index (κ2) is 5.32. The fourth-order valence-electron chi connectivity index (χ4n) is 6.97. The summed E-state index contributed by atoms with van der Waals surface area (Å²) in [6.07, 6.45) is 2.81. The molecule has 1 spiro atoms. The fourth-order valence-corrected chi connectivity index (χ4v) is 6.97. The number of Topliss-reactive ketones (excluding diaryl/α,β-unsaturated/α-hetero) is 1. The van der Waals surface area contributed by atoms with Crippen LogP contribution in [0, 0.1) is 11.1 Å². The number of likely N-dealkylation sites (tertiary alicyclic amines) is 1. The first-order valence-corrected chi connectivity index (χ1v) is 10.6. The molecule has 0 radical (unpaired) electrons. The number of ether oxygens (including phenoxy) is 2. The maximum atomic E-state index is 14.2. The van der Waals surface area contributed by atoms with Gasteiger partial charge >= 0.3 is 5.97 Å². The van der Waals surface area contributed by atoms with Gasteiger partial charge in [-0.15, -0.1) is 0 Å². The SMILES string of the molecule is CC(=O)O[C@@]12CCC(=O)[C@@H]3Oc4c(O)ccc5c4C31CC[N+]([O-])(CC1CC1)[C@@H]2C5. The number of ketones is 1. The standard InChI is InChI=1S/C22H25NO6/c1-12(24)29-22-7-6-16(26)20-21(22)8-9-23(27,11-13-2-3-13)17(22)10-14-4-5-15(25)19(28-20)18(14)21/h4-5,13,17,20,25H,2-3,6-11H2,1H3/t17-,20+,21?,22-,23?/m1/s1. The Kier molecular flexibility index (Phi) is 3.25. The van der Waals surface area contributed by atoms with Crippen molar-refractivity contribution in [3.05, 3.63) is 28.5 Å². The van der Waals surface area contributed by atoms with Crippen LogP contribution in [0.15, 0.2) is 12.1 Å². The van der Waals surface area contributed by atoms with Crippen molar-refractivity contribution in [2.24, 2.45) is 5.92 Å². The van der Waals surface area contributed by atoms with Crippen LogP contribution in [-0.4, -0.2) is 52.3 Å². The lowest BCUT2D eigenvalue weighted by molar-refractivity contribution is -0.923. The second-order valence-electron chi connectivity index (χ2n) is 9.64. The van der Waals surface area contributed by atoms with Gasteiger partial charge in [0.25, 0.3) is 0 Å². The Morgan fingerprint density at radius 2 is 2.17 bits per heavy atom. The molecule has 1 saturated heterocycles. The molecule has 0 aromatic heterocycles. The number of hydrogen-bond acceptors (Lipinski definition) is 6. The third kappa shape index (κ3) is 2.00. The molecule has 1 N–H and O–H groups in total. The minimum Gasteiger partial charge on any atom is -0.632 e. The van der Waals surface area contributed by atoms with Crippen molar-refractivity contribution < 1.29 is 28.8 Å². The Hall–Kier alpha value is -2.12. The third-order valence-electron chi connectivity index (χ3n) is 8.14. The summed E-state index contributed by atoms with van der Waals surface area (Å²) in [7, 11) is 0. The number of carbonyl (C=O) groups is 2. The van der Waals surface area contributed by atoms with E-state index < -0.39 is 29.1 Å². The number of hydrogen-bond donors (Lipinski definition) is 1. The molecule has 154 valence electrons. The van der Waals surface area contributed by atoms with Crippen LogP contribution < -0.4 is 4.74 Å². The molecule has 5 atom stereocenters. The van der Waals surface area contributed by atoms with E-state index in [-0.39, 0.29) is 22.6 Å².